The first-order valence-corrected chi connectivity index (χ1v) is 6.16. The predicted molar refractivity (Wildman–Crippen MR) is 69.1 cm³/mol. The van der Waals surface area contributed by atoms with Crippen LogP contribution in [0.4, 0.5) is 5.82 Å². The molecule has 0 aliphatic carbocycles. The lowest BCUT2D eigenvalue weighted by Crippen LogP contribution is -2.38. The summed E-state index contributed by atoms with van der Waals surface area (Å²) in [6.07, 6.45) is 3.12. The standard InChI is InChI=1S/C13H21N3O/c1-9(14)11-5-4-7-15-13(11)16(3)12-6-8-17-10(12)2/h4-5,7,9-10,12H,6,8,14H2,1-3H3/t9-,10?,12?/m0/s1. The average molecular weight is 235 g/mol. The molecular formula is C13H21N3O. The number of rotatable bonds is 3. The fraction of sp³-hybridized carbons (Fsp3) is 0.615. The van der Waals surface area contributed by atoms with E-state index in [1.807, 2.05) is 25.3 Å². The number of likely N-dealkylation sites (N-methyl/N-ethyl adjacent to an activating group) is 1. The molecule has 1 fully saturated rings. The summed E-state index contributed by atoms with van der Waals surface area (Å²) >= 11 is 0. The van der Waals surface area contributed by atoms with Crippen molar-refractivity contribution in [2.45, 2.75) is 38.5 Å². The third kappa shape index (κ3) is 2.42. The van der Waals surface area contributed by atoms with Crippen LogP contribution in [0.1, 0.15) is 31.9 Å². The van der Waals surface area contributed by atoms with Crippen LogP contribution in [0.15, 0.2) is 18.3 Å². The Kier molecular flexibility index (Phi) is 3.64. The van der Waals surface area contributed by atoms with Gasteiger partial charge in [-0.1, -0.05) is 6.07 Å². The second-order valence-electron chi connectivity index (χ2n) is 4.75. The number of anilines is 1. The van der Waals surface area contributed by atoms with Gasteiger partial charge in [0, 0.05) is 31.5 Å². The molecule has 4 nitrogen and oxygen atoms in total. The highest BCUT2D eigenvalue weighted by Gasteiger charge is 2.29. The molecule has 0 radical (unpaired) electrons. The summed E-state index contributed by atoms with van der Waals surface area (Å²) in [5.41, 5.74) is 7.08. The van der Waals surface area contributed by atoms with Crippen LogP contribution in [0.5, 0.6) is 0 Å². The van der Waals surface area contributed by atoms with Gasteiger partial charge in [0.2, 0.25) is 0 Å². The van der Waals surface area contributed by atoms with Crippen LogP contribution in [-0.2, 0) is 4.74 Å². The van der Waals surface area contributed by atoms with E-state index < -0.39 is 0 Å². The Hall–Kier alpha value is -1.13. The molecule has 0 aromatic carbocycles. The van der Waals surface area contributed by atoms with Crippen molar-refractivity contribution in [2.24, 2.45) is 5.73 Å². The molecule has 2 heterocycles. The van der Waals surface area contributed by atoms with Gasteiger partial charge in [0.1, 0.15) is 5.82 Å². The maximum absolute atomic E-state index is 5.99. The first-order chi connectivity index (χ1) is 8.11. The van der Waals surface area contributed by atoms with Crippen molar-refractivity contribution in [1.29, 1.82) is 0 Å². The minimum Gasteiger partial charge on any atom is -0.376 e. The van der Waals surface area contributed by atoms with Crippen molar-refractivity contribution >= 4 is 5.82 Å². The summed E-state index contributed by atoms with van der Waals surface area (Å²) < 4.78 is 5.61. The van der Waals surface area contributed by atoms with Gasteiger partial charge in [-0.2, -0.15) is 0 Å². The van der Waals surface area contributed by atoms with Gasteiger partial charge in [-0.3, -0.25) is 0 Å². The Labute approximate surface area is 103 Å². The second kappa shape index (κ2) is 5.02. The normalized spacial score (nSPS) is 25.9. The molecule has 1 saturated heterocycles. The molecule has 0 bridgehead atoms. The van der Waals surface area contributed by atoms with Gasteiger partial charge in [0.25, 0.3) is 0 Å². The summed E-state index contributed by atoms with van der Waals surface area (Å²) in [7, 11) is 2.07. The van der Waals surface area contributed by atoms with Crippen LogP contribution in [0, 0.1) is 0 Å². The van der Waals surface area contributed by atoms with Crippen molar-refractivity contribution in [1.82, 2.24) is 4.98 Å². The zero-order valence-corrected chi connectivity index (χ0v) is 10.8. The van der Waals surface area contributed by atoms with E-state index in [4.69, 9.17) is 10.5 Å². The number of hydrogen-bond donors (Lipinski definition) is 1. The summed E-state index contributed by atoms with van der Waals surface area (Å²) in [6, 6.07) is 4.37. The SMILES string of the molecule is CC1OCCC1N(C)c1ncccc1[C@H](C)N. The Morgan fingerprint density at radius 3 is 2.94 bits per heavy atom. The number of ether oxygens (including phenoxy) is 1. The fourth-order valence-electron chi connectivity index (χ4n) is 2.45. The summed E-state index contributed by atoms with van der Waals surface area (Å²) in [4.78, 5) is 6.67. The third-order valence-corrected chi connectivity index (χ3v) is 3.48. The molecule has 3 atom stereocenters. The van der Waals surface area contributed by atoms with Crippen molar-refractivity contribution in [3.8, 4) is 0 Å². The smallest absolute Gasteiger partial charge is 0.133 e. The number of nitrogens with zero attached hydrogens (tertiary/aromatic N) is 2. The van der Waals surface area contributed by atoms with Crippen LogP contribution < -0.4 is 10.6 Å². The highest BCUT2D eigenvalue weighted by atomic mass is 16.5. The van der Waals surface area contributed by atoms with Crippen LogP contribution >= 0.6 is 0 Å². The van der Waals surface area contributed by atoms with Gasteiger partial charge in [0.05, 0.1) is 12.1 Å². The number of pyridine rings is 1. The van der Waals surface area contributed by atoms with Gasteiger partial charge < -0.3 is 15.4 Å². The Bertz CT molecular complexity index is 381. The highest BCUT2D eigenvalue weighted by Crippen LogP contribution is 2.27. The van der Waals surface area contributed by atoms with Gasteiger partial charge >= 0.3 is 0 Å². The lowest BCUT2D eigenvalue weighted by molar-refractivity contribution is 0.118. The van der Waals surface area contributed by atoms with E-state index in [0.717, 1.165) is 24.4 Å². The first-order valence-electron chi connectivity index (χ1n) is 6.16. The zero-order valence-electron chi connectivity index (χ0n) is 10.8. The molecule has 1 aliphatic heterocycles. The highest BCUT2D eigenvalue weighted by molar-refractivity contribution is 5.48. The molecule has 17 heavy (non-hydrogen) atoms. The lowest BCUT2D eigenvalue weighted by atomic mass is 10.1. The maximum Gasteiger partial charge on any atom is 0.133 e. The van der Waals surface area contributed by atoms with Crippen LogP contribution in [0.3, 0.4) is 0 Å². The Morgan fingerprint density at radius 1 is 1.59 bits per heavy atom. The number of hydrogen-bond acceptors (Lipinski definition) is 4. The Morgan fingerprint density at radius 2 is 2.35 bits per heavy atom. The first kappa shape index (κ1) is 12.3. The van der Waals surface area contributed by atoms with Gasteiger partial charge in [-0.15, -0.1) is 0 Å². The Balaban J connectivity index is 2.27. The largest absolute Gasteiger partial charge is 0.376 e. The van der Waals surface area contributed by atoms with Crippen molar-refractivity contribution in [3.63, 3.8) is 0 Å². The molecule has 0 spiro atoms. The summed E-state index contributed by atoms with van der Waals surface area (Å²) in [5, 5.41) is 0. The molecule has 0 amide bonds. The van der Waals surface area contributed by atoms with Crippen LogP contribution in [0.2, 0.25) is 0 Å². The quantitative estimate of drug-likeness (QED) is 0.866. The molecule has 1 aliphatic rings. The maximum atomic E-state index is 5.99. The molecule has 2 unspecified atom stereocenters. The fourth-order valence-corrected chi connectivity index (χ4v) is 2.45. The molecular weight excluding hydrogens is 214 g/mol. The minimum atomic E-state index is -0.00113. The average Bonchev–Trinajstić information content (AvgIpc) is 2.74. The summed E-state index contributed by atoms with van der Waals surface area (Å²) in [5.74, 6) is 0.977. The lowest BCUT2D eigenvalue weighted by Gasteiger charge is -2.30. The topological polar surface area (TPSA) is 51.4 Å². The van der Waals surface area contributed by atoms with Crippen LogP contribution in [-0.4, -0.2) is 30.8 Å². The number of aromatic nitrogens is 1. The second-order valence-corrected chi connectivity index (χ2v) is 4.75. The number of nitrogens with two attached hydrogens (primary N) is 1. The van der Waals surface area contributed by atoms with E-state index >= 15 is 0 Å². The van der Waals surface area contributed by atoms with Gasteiger partial charge in [-0.05, 0) is 26.3 Å². The van der Waals surface area contributed by atoms with Crippen molar-refractivity contribution in [3.05, 3.63) is 23.9 Å². The molecule has 4 heteroatoms. The van der Waals surface area contributed by atoms with E-state index in [1.54, 1.807) is 0 Å². The summed E-state index contributed by atoms with van der Waals surface area (Å²) in [6.45, 7) is 4.93. The molecule has 2 rings (SSSR count). The van der Waals surface area contributed by atoms with Gasteiger partial charge in [0.15, 0.2) is 0 Å². The minimum absolute atomic E-state index is 0.00113. The van der Waals surface area contributed by atoms with Crippen molar-refractivity contribution in [2.75, 3.05) is 18.6 Å². The third-order valence-electron chi connectivity index (χ3n) is 3.48. The van der Waals surface area contributed by atoms with Crippen molar-refractivity contribution < 1.29 is 4.74 Å². The molecule has 94 valence electrons. The van der Waals surface area contributed by atoms with E-state index in [2.05, 4.69) is 23.9 Å². The van der Waals surface area contributed by atoms with E-state index in [9.17, 15) is 0 Å². The van der Waals surface area contributed by atoms with E-state index in [-0.39, 0.29) is 12.1 Å². The molecule has 2 N–H and O–H groups in total. The van der Waals surface area contributed by atoms with Gasteiger partial charge in [-0.25, -0.2) is 4.98 Å². The molecule has 0 saturated carbocycles. The van der Waals surface area contributed by atoms with Crippen LogP contribution in [0.25, 0.3) is 0 Å². The molecule has 1 aromatic heterocycles. The predicted octanol–water partition coefficient (Wildman–Crippen LogP) is 1.71. The monoisotopic (exact) mass is 235 g/mol. The molecule has 1 aromatic rings. The van der Waals surface area contributed by atoms with E-state index in [1.165, 1.54) is 0 Å². The zero-order chi connectivity index (χ0) is 12.4. The van der Waals surface area contributed by atoms with E-state index in [0.29, 0.717) is 6.04 Å².